The average Bonchev–Trinajstić information content (AvgIpc) is 2.16. The van der Waals surface area contributed by atoms with E-state index in [1.807, 2.05) is 27.8 Å². The minimum Gasteiger partial charge on any atom is -0.444 e. The van der Waals surface area contributed by atoms with Gasteiger partial charge in [-0.2, -0.15) is 0 Å². The topological polar surface area (TPSA) is 50.8 Å². The second-order valence-electron chi connectivity index (χ2n) is 4.98. The summed E-state index contributed by atoms with van der Waals surface area (Å²) in [6.07, 6.45) is -0.192. The van der Waals surface area contributed by atoms with Crippen LogP contribution in [-0.4, -0.2) is 56.0 Å². The lowest BCUT2D eigenvalue weighted by Crippen LogP contribution is -2.49. The highest BCUT2D eigenvalue weighted by Gasteiger charge is 2.27. The highest BCUT2D eigenvalue weighted by Crippen LogP contribution is 2.12. The molecule has 0 saturated carbocycles. The second kappa shape index (κ2) is 5.50. The Kier molecular flexibility index (Phi) is 4.56. The molecule has 1 amide bonds. The summed E-state index contributed by atoms with van der Waals surface area (Å²) in [5.41, 5.74) is -0.437. The quantitative estimate of drug-likeness (QED) is 0.764. The zero-order valence-electron chi connectivity index (χ0n) is 10.6. The zero-order valence-corrected chi connectivity index (χ0v) is 10.6. The number of carbonyl (C=O) groups is 1. The smallest absolute Gasteiger partial charge is 0.410 e. The molecule has 94 valence electrons. The molecular weight excluding hydrogens is 208 g/mol. The lowest BCUT2D eigenvalue weighted by atomic mass is 10.2. The molecule has 0 spiro atoms. The Morgan fingerprint density at radius 1 is 1.56 bits per heavy atom. The highest BCUT2D eigenvalue weighted by atomic mass is 16.6. The van der Waals surface area contributed by atoms with Crippen molar-refractivity contribution < 1.29 is 14.3 Å². The first-order valence-corrected chi connectivity index (χ1v) is 5.66. The normalized spacial score (nSPS) is 22.0. The molecule has 1 unspecified atom stereocenters. The summed E-state index contributed by atoms with van der Waals surface area (Å²) in [7, 11) is 1.87. The number of hydrogen-bond acceptors (Lipinski definition) is 4. The summed E-state index contributed by atoms with van der Waals surface area (Å²) in [5.74, 6) is 0. The van der Waals surface area contributed by atoms with Crippen LogP contribution < -0.4 is 5.32 Å². The molecule has 1 N–H and O–H groups in total. The molecule has 16 heavy (non-hydrogen) atoms. The van der Waals surface area contributed by atoms with Crippen molar-refractivity contribution in [3.05, 3.63) is 0 Å². The van der Waals surface area contributed by atoms with Crippen LogP contribution in [0.5, 0.6) is 0 Å². The molecule has 0 aromatic rings. The van der Waals surface area contributed by atoms with Crippen LogP contribution in [0.4, 0.5) is 4.79 Å². The number of nitrogens with zero attached hydrogens (tertiary/aromatic N) is 1. The minimum absolute atomic E-state index is 0.0614. The van der Waals surface area contributed by atoms with Crippen LogP contribution in [-0.2, 0) is 9.47 Å². The van der Waals surface area contributed by atoms with Gasteiger partial charge in [-0.25, -0.2) is 4.79 Å². The van der Waals surface area contributed by atoms with E-state index in [9.17, 15) is 4.79 Å². The molecule has 1 aliphatic rings. The number of nitrogens with one attached hydrogen (secondary N) is 1. The standard InChI is InChI=1S/C11H22N2O3/c1-11(2,3)16-10(14)13-5-6-15-9(8-13)7-12-4/h9,12H,5-8H2,1-4H3. The predicted octanol–water partition coefficient (Wildman–Crippen LogP) is 0.842. The monoisotopic (exact) mass is 230 g/mol. The summed E-state index contributed by atoms with van der Waals surface area (Å²) in [4.78, 5) is 13.5. The lowest BCUT2D eigenvalue weighted by Gasteiger charge is -2.34. The molecule has 0 aromatic carbocycles. The van der Waals surface area contributed by atoms with E-state index in [1.165, 1.54) is 0 Å². The maximum absolute atomic E-state index is 11.8. The zero-order chi connectivity index (χ0) is 12.2. The molecule has 5 heteroatoms. The third-order valence-electron chi connectivity index (χ3n) is 2.22. The molecule has 1 heterocycles. The van der Waals surface area contributed by atoms with Crippen molar-refractivity contribution in [1.82, 2.24) is 10.2 Å². The number of ether oxygens (including phenoxy) is 2. The third-order valence-corrected chi connectivity index (χ3v) is 2.22. The molecule has 0 aliphatic carbocycles. The van der Waals surface area contributed by atoms with E-state index in [-0.39, 0.29) is 12.2 Å². The SMILES string of the molecule is CNCC1CN(C(=O)OC(C)(C)C)CCO1. The maximum atomic E-state index is 11.8. The number of amides is 1. The number of rotatable bonds is 2. The Morgan fingerprint density at radius 2 is 2.25 bits per heavy atom. The van der Waals surface area contributed by atoms with Crippen LogP contribution in [0, 0.1) is 0 Å². The number of likely N-dealkylation sites (N-methyl/N-ethyl adjacent to an activating group) is 1. The van der Waals surface area contributed by atoms with E-state index in [4.69, 9.17) is 9.47 Å². The lowest BCUT2D eigenvalue weighted by molar-refractivity contribution is -0.0405. The molecule has 0 bridgehead atoms. The molecule has 1 saturated heterocycles. The number of carbonyl (C=O) groups excluding carboxylic acids is 1. The Labute approximate surface area is 97.1 Å². The van der Waals surface area contributed by atoms with Crippen molar-refractivity contribution in [2.75, 3.05) is 33.3 Å². The van der Waals surface area contributed by atoms with Crippen LogP contribution >= 0.6 is 0 Å². The van der Waals surface area contributed by atoms with Gasteiger partial charge in [0, 0.05) is 13.1 Å². The van der Waals surface area contributed by atoms with Gasteiger partial charge in [-0.3, -0.25) is 0 Å². The van der Waals surface area contributed by atoms with Gasteiger partial charge >= 0.3 is 6.09 Å². The van der Waals surface area contributed by atoms with E-state index in [2.05, 4.69) is 5.32 Å². The first-order chi connectivity index (χ1) is 7.42. The average molecular weight is 230 g/mol. The van der Waals surface area contributed by atoms with Gasteiger partial charge in [0.25, 0.3) is 0 Å². The fraction of sp³-hybridized carbons (Fsp3) is 0.909. The number of hydrogen-bond donors (Lipinski definition) is 1. The van der Waals surface area contributed by atoms with Crippen LogP contribution in [0.3, 0.4) is 0 Å². The Morgan fingerprint density at radius 3 is 2.81 bits per heavy atom. The van der Waals surface area contributed by atoms with Gasteiger partial charge in [0.05, 0.1) is 19.3 Å². The van der Waals surface area contributed by atoms with Crippen LogP contribution in [0.15, 0.2) is 0 Å². The van der Waals surface area contributed by atoms with E-state index in [0.717, 1.165) is 6.54 Å². The first kappa shape index (κ1) is 13.3. The molecular formula is C11H22N2O3. The second-order valence-corrected chi connectivity index (χ2v) is 4.98. The van der Waals surface area contributed by atoms with Crippen molar-refractivity contribution in [3.8, 4) is 0 Å². The van der Waals surface area contributed by atoms with E-state index < -0.39 is 5.60 Å². The fourth-order valence-electron chi connectivity index (χ4n) is 1.56. The van der Waals surface area contributed by atoms with Crippen molar-refractivity contribution in [1.29, 1.82) is 0 Å². The largest absolute Gasteiger partial charge is 0.444 e. The van der Waals surface area contributed by atoms with E-state index >= 15 is 0 Å². The third kappa shape index (κ3) is 4.37. The van der Waals surface area contributed by atoms with Gasteiger partial charge in [0.1, 0.15) is 5.60 Å². The van der Waals surface area contributed by atoms with E-state index in [1.54, 1.807) is 4.90 Å². The summed E-state index contributed by atoms with van der Waals surface area (Å²) >= 11 is 0. The van der Waals surface area contributed by atoms with Gasteiger partial charge in [-0.05, 0) is 27.8 Å². The van der Waals surface area contributed by atoms with Crippen LogP contribution in [0.25, 0.3) is 0 Å². The van der Waals surface area contributed by atoms with Gasteiger partial charge in [0.15, 0.2) is 0 Å². The summed E-state index contributed by atoms with van der Waals surface area (Å²) in [5, 5.41) is 3.04. The molecule has 0 radical (unpaired) electrons. The van der Waals surface area contributed by atoms with Gasteiger partial charge in [0.2, 0.25) is 0 Å². The van der Waals surface area contributed by atoms with Crippen molar-refractivity contribution in [3.63, 3.8) is 0 Å². The van der Waals surface area contributed by atoms with Crippen LogP contribution in [0.2, 0.25) is 0 Å². The van der Waals surface area contributed by atoms with Gasteiger partial charge in [-0.15, -0.1) is 0 Å². The molecule has 5 nitrogen and oxygen atoms in total. The fourth-order valence-corrected chi connectivity index (χ4v) is 1.56. The molecule has 1 aliphatic heterocycles. The highest BCUT2D eigenvalue weighted by molar-refractivity contribution is 5.68. The Balaban J connectivity index is 2.44. The number of morpholine rings is 1. The summed E-state index contributed by atoms with van der Waals surface area (Å²) in [6, 6.07) is 0. The van der Waals surface area contributed by atoms with E-state index in [0.29, 0.717) is 19.7 Å². The molecule has 0 aromatic heterocycles. The maximum Gasteiger partial charge on any atom is 0.410 e. The predicted molar refractivity (Wildman–Crippen MR) is 61.5 cm³/mol. The van der Waals surface area contributed by atoms with Crippen molar-refractivity contribution >= 4 is 6.09 Å². The molecule has 1 fully saturated rings. The van der Waals surface area contributed by atoms with Gasteiger partial charge in [-0.1, -0.05) is 0 Å². The molecule has 1 atom stereocenters. The van der Waals surface area contributed by atoms with Crippen LogP contribution in [0.1, 0.15) is 20.8 Å². The first-order valence-electron chi connectivity index (χ1n) is 5.66. The van der Waals surface area contributed by atoms with Crippen molar-refractivity contribution in [2.45, 2.75) is 32.5 Å². The molecule has 1 rings (SSSR count). The summed E-state index contributed by atoms with van der Waals surface area (Å²) in [6.45, 7) is 8.14. The van der Waals surface area contributed by atoms with Crippen molar-refractivity contribution in [2.24, 2.45) is 0 Å². The Hall–Kier alpha value is -0.810. The van der Waals surface area contributed by atoms with Gasteiger partial charge < -0.3 is 19.7 Å². The minimum atomic E-state index is -0.437. The Bertz CT molecular complexity index is 236. The summed E-state index contributed by atoms with van der Waals surface area (Å²) < 4.78 is 10.8.